The van der Waals surface area contributed by atoms with Gasteiger partial charge in [-0.15, -0.1) is 0 Å². The highest BCUT2D eigenvalue weighted by Crippen LogP contribution is 2.20. The fourth-order valence-corrected chi connectivity index (χ4v) is 1.72. The monoisotopic (exact) mass is 289 g/mol. The van der Waals surface area contributed by atoms with Crippen LogP contribution in [-0.4, -0.2) is 18.2 Å². The summed E-state index contributed by atoms with van der Waals surface area (Å²) in [5, 5.41) is 12.9. The van der Waals surface area contributed by atoms with Crippen molar-refractivity contribution in [2.24, 2.45) is 5.92 Å². The van der Waals surface area contributed by atoms with Crippen molar-refractivity contribution in [3.05, 3.63) is 34.1 Å². The largest absolute Gasteiger partial charge is 0.387 e. The highest BCUT2D eigenvalue weighted by molar-refractivity contribution is 9.10. The van der Waals surface area contributed by atoms with E-state index in [4.69, 9.17) is 0 Å². The molecule has 1 aromatic carbocycles. The molecule has 2 nitrogen and oxygen atoms in total. The predicted molar refractivity (Wildman–Crippen MR) is 66.8 cm³/mol. The molecule has 90 valence electrons. The number of aliphatic hydroxyl groups excluding tert-OH is 1. The Morgan fingerprint density at radius 2 is 2.06 bits per heavy atom. The van der Waals surface area contributed by atoms with Crippen LogP contribution in [0.2, 0.25) is 0 Å². The molecule has 0 amide bonds. The molecule has 0 aliphatic heterocycles. The van der Waals surface area contributed by atoms with Crippen LogP contribution in [0.3, 0.4) is 0 Å². The van der Waals surface area contributed by atoms with Gasteiger partial charge in [0.1, 0.15) is 5.82 Å². The number of hydrogen-bond acceptors (Lipinski definition) is 2. The van der Waals surface area contributed by atoms with Gasteiger partial charge in [0.15, 0.2) is 0 Å². The van der Waals surface area contributed by atoms with Gasteiger partial charge >= 0.3 is 0 Å². The van der Waals surface area contributed by atoms with Crippen LogP contribution in [0.1, 0.15) is 25.5 Å². The third-order valence-electron chi connectivity index (χ3n) is 2.21. The van der Waals surface area contributed by atoms with Gasteiger partial charge in [0, 0.05) is 16.6 Å². The van der Waals surface area contributed by atoms with E-state index in [1.165, 1.54) is 6.07 Å². The summed E-state index contributed by atoms with van der Waals surface area (Å²) in [4.78, 5) is 0. The first kappa shape index (κ1) is 13.6. The maximum absolute atomic E-state index is 13.5. The van der Waals surface area contributed by atoms with Crippen LogP contribution in [0.25, 0.3) is 0 Å². The minimum atomic E-state index is -0.799. The normalized spacial score (nSPS) is 13.1. The van der Waals surface area contributed by atoms with E-state index in [0.29, 0.717) is 22.5 Å². The zero-order valence-corrected chi connectivity index (χ0v) is 11.1. The second-order valence-corrected chi connectivity index (χ2v) is 5.15. The van der Waals surface area contributed by atoms with Gasteiger partial charge in [0.25, 0.3) is 0 Å². The van der Waals surface area contributed by atoms with Crippen LogP contribution in [0.15, 0.2) is 22.7 Å². The molecule has 0 saturated carbocycles. The molecular formula is C12H17BrFNO. The Morgan fingerprint density at radius 1 is 1.38 bits per heavy atom. The second kappa shape index (κ2) is 6.33. The van der Waals surface area contributed by atoms with Crippen LogP contribution in [0.5, 0.6) is 0 Å². The van der Waals surface area contributed by atoms with Crippen molar-refractivity contribution < 1.29 is 9.50 Å². The molecule has 4 heteroatoms. The lowest BCUT2D eigenvalue weighted by molar-refractivity contribution is 0.169. The third-order valence-corrected chi connectivity index (χ3v) is 2.71. The van der Waals surface area contributed by atoms with Gasteiger partial charge in [0.2, 0.25) is 0 Å². The number of benzene rings is 1. The molecule has 0 aliphatic rings. The summed E-state index contributed by atoms with van der Waals surface area (Å²) in [6.45, 7) is 5.35. The lowest BCUT2D eigenvalue weighted by Crippen LogP contribution is -2.25. The minimum absolute atomic E-state index is 0.333. The van der Waals surface area contributed by atoms with Crippen molar-refractivity contribution in [1.82, 2.24) is 5.32 Å². The number of aliphatic hydroxyl groups is 1. The highest BCUT2D eigenvalue weighted by Gasteiger charge is 2.12. The Balaban J connectivity index is 2.55. The van der Waals surface area contributed by atoms with Crippen LogP contribution in [0, 0.1) is 11.7 Å². The summed E-state index contributed by atoms with van der Waals surface area (Å²) in [6.07, 6.45) is -0.799. The molecule has 1 unspecified atom stereocenters. The van der Waals surface area contributed by atoms with Gasteiger partial charge in [-0.05, 0) is 24.6 Å². The van der Waals surface area contributed by atoms with Gasteiger partial charge in [-0.1, -0.05) is 35.8 Å². The molecule has 1 atom stereocenters. The van der Waals surface area contributed by atoms with E-state index >= 15 is 0 Å². The Hall–Kier alpha value is -0.450. The first-order chi connectivity index (χ1) is 7.50. The smallest absolute Gasteiger partial charge is 0.130 e. The van der Waals surface area contributed by atoms with E-state index in [0.717, 1.165) is 6.54 Å². The average molecular weight is 290 g/mol. The van der Waals surface area contributed by atoms with E-state index in [2.05, 4.69) is 35.1 Å². The topological polar surface area (TPSA) is 32.3 Å². The van der Waals surface area contributed by atoms with E-state index < -0.39 is 6.10 Å². The molecule has 0 bridgehead atoms. The fourth-order valence-electron chi connectivity index (χ4n) is 1.39. The quantitative estimate of drug-likeness (QED) is 0.874. The number of nitrogens with one attached hydrogen (secondary N) is 1. The number of hydrogen-bond donors (Lipinski definition) is 2. The highest BCUT2D eigenvalue weighted by atomic mass is 79.9. The van der Waals surface area contributed by atoms with Crippen LogP contribution in [0.4, 0.5) is 4.39 Å². The molecule has 0 heterocycles. The molecule has 16 heavy (non-hydrogen) atoms. The standard InChI is InChI=1S/C12H17BrFNO/c1-8(2)6-15-7-12(16)10-4-3-9(13)5-11(10)14/h3-5,8,12,15-16H,6-7H2,1-2H3. The van der Waals surface area contributed by atoms with Gasteiger partial charge in [-0.2, -0.15) is 0 Å². The summed E-state index contributed by atoms with van der Waals surface area (Å²) < 4.78 is 14.1. The molecule has 2 N–H and O–H groups in total. The molecule has 0 spiro atoms. The SMILES string of the molecule is CC(C)CNCC(O)c1ccc(Br)cc1F. The van der Waals surface area contributed by atoms with Gasteiger partial charge in [-0.3, -0.25) is 0 Å². The number of halogens is 2. The first-order valence-electron chi connectivity index (χ1n) is 5.34. The molecule has 0 aliphatic carbocycles. The van der Waals surface area contributed by atoms with Crippen LogP contribution in [-0.2, 0) is 0 Å². The molecule has 1 rings (SSSR count). The zero-order valence-electron chi connectivity index (χ0n) is 9.50. The Bertz CT molecular complexity index is 344. The minimum Gasteiger partial charge on any atom is -0.387 e. The van der Waals surface area contributed by atoms with Gasteiger partial charge in [0.05, 0.1) is 6.10 Å². The molecule has 0 aromatic heterocycles. The third kappa shape index (κ3) is 4.20. The molecule has 0 radical (unpaired) electrons. The maximum Gasteiger partial charge on any atom is 0.130 e. The van der Waals surface area contributed by atoms with Crippen molar-refractivity contribution in [2.45, 2.75) is 20.0 Å². The van der Waals surface area contributed by atoms with E-state index in [1.807, 2.05) is 0 Å². The summed E-state index contributed by atoms with van der Waals surface area (Å²) >= 11 is 3.18. The lowest BCUT2D eigenvalue weighted by Gasteiger charge is -2.14. The first-order valence-corrected chi connectivity index (χ1v) is 6.13. The molecular weight excluding hydrogens is 273 g/mol. The molecule has 0 saturated heterocycles. The Labute approximate surface area is 104 Å². The van der Waals surface area contributed by atoms with Gasteiger partial charge < -0.3 is 10.4 Å². The average Bonchev–Trinajstić information content (AvgIpc) is 2.16. The fraction of sp³-hybridized carbons (Fsp3) is 0.500. The Morgan fingerprint density at radius 3 is 2.62 bits per heavy atom. The molecule has 0 fully saturated rings. The van der Waals surface area contributed by atoms with Crippen molar-refractivity contribution in [1.29, 1.82) is 0 Å². The van der Waals surface area contributed by atoms with Crippen LogP contribution >= 0.6 is 15.9 Å². The summed E-state index contributed by atoms with van der Waals surface area (Å²) in [6, 6.07) is 4.69. The van der Waals surface area contributed by atoms with Crippen LogP contribution < -0.4 is 5.32 Å². The summed E-state index contributed by atoms with van der Waals surface area (Å²) in [5.41, 5.74) is 0.333. The Kier molecular flexibility index (Phi) is 5.38. The van der Waals surface area contributed by atoms with E-state index in [9.17, 15) is 9.50 Å². The van der Waals surface area contributed by atoms with Crippen molar-refractivity contribution >= 4 is 15.9 Å². The van der Waals surface area contributed by atoms with E-state index in [1.54, 1.807) is 12.1 Å². The molecule has 1 aromatic rings. The van der Waals surface area contributed by atoms with E-state index in [-0.39, 0.29) is 5.82 Å². The van der Waals surface area contributed by atoms with Gasteiger partial charge in [-0.25, -0.2) is 4.39 Å². The van der Waals surface area contributed by atoms with Crippen molar-refractivity contribution in [3.63, 3.8) is 0 Å². The van der Waals surface area contributed by atoms with Crippen molar-refractivity contribution in [2.75, 3.05) is 13.1 Å². The summed E-state index contributed by atoms with van der Waals surface area (Å²) in [5.74, 6) is 0.134. The number of rotatable bonds is 5. The zero-order chi connectivity index (χ0) is 12.1. The predicted octanol–water partition coefficient (Wildman–Crippen LogP) is 2.87. The lowest BCUT2D eigenvalue weighted by atomic mass is 10.1. The van der Waals surface area contributed by atoms with Crippen molar-refractivity contribution in [3.8, 4) is 0 Å². The second-order valence-electron chi connectivity index (χ2n) is 4.23. The summed E-state index contributed by atoms with van der Waals surface area (Å²) in [7, 11) is 0. The maximum atomic E-state index is 13.5.